The average Bonchev–Trinajstić information content (AvgIpc) is 2.92. The summed E-state index contributed by atoms with van der Waals surface area (Å²) in [6.45, 7) is 3.69. The first kappa shape index (κ1) is 20.4. The second-order valence-corrected chi connectivity index (χ2v) is 10.0. The molecule has 0 radical (unpaired) electrons. The molecule has 0 aliphatic carbocycles. The van der Waals surface area contributed by atoms with Crippen LogP contribution in [0.3, 0.4) is 0 Å². The number of carbonyl (C=O) groups is 1. The van der Waals surface area contributed by atoms with Gasteiger partial charge in [-0.05, 0) is 62.9 Å². The summed E-state index contributed by atoms with van der Waals surface area (Å²) >= 11 is 5.94. The fourth-order valence-electron chi connectivity index (χ4n) is 4.09. The molecular formula is C19H27ClN2O4S. The number of hydrogen-bond donors (Lipinski definition) is 1. The number of benzene rings is 1. The Morgan fingerprint density at radius 2 is 1.89 bits per heavy atom. The normalized spacial score (nSPS) is 26.0. The lowest BCUT2D eigenvalue weighted by atomic mass is 9.89. The van der Waals surface area contributed by atoms with Crippen molar-refractivity contribution in [2.75, 3.05) is 31.2 Å². The van der Waals surface area contributed by atoms with Gasteiger partial charge in [0.05, 0.1) is 24.2 Å². The molecule has 2 aliphatic heterocycles. The van der Waals surface area contributed by atoms with Crippen molar-refractivity contribution in [2.45, 2.75) is 38.3 Å². The molecule has 0 unspecified atom stereocenters. The third-order valence-electron chi connectivity index (χ3n) is 5.46. The Morgan fingerprint density at radius 1 is 1.22 bits per heavy atom. The van der Waals surface area contributed by atoms with Crippen molar-refractivity contribution >= 4 is 27.5 Å². The van der Waals surface area contributed by atoms with Gasteiger partial charge in [-0.15, -0.1) is 0 Å². The molecule has 2 fully saturated rings. The van der Waals surface area contributed by atoms with Gasteiger partial charge in [0.15, 0.2) is 9.84 Å². The summed E-state index contributed by atoms with van der Waals surface area (Å²) in [4.78, 5) is 14.0. The molecule has 2 aliphatic rings. The second-order valence-electron chi connectivity index (χ2n) is 7.43. The van der Waals surface area contributed by atoms with Crippen molar-refractivity contribution in [1.82, 2.24) is 10.2 Å². The monoisotopic (exact) mass is 414 g/mol. The van der Waals surface area contributed by atoms with Crippen molar-refractivity contribution in [2.24, 2.45) is 5.92 Å². The number of nitrogens with one attached hydrogen (secondary N) is 1. The van der Waals surface area contributed by atoms with E-state index >= 15 is 0 Å². The molecule has 3 rings (SSSR count). The number of halogens is 1. The van der Waals surface area contributed by atoms with Crippen LogP contribution in [0, 0.1) is 5.92 Å². The van der Waals surface area contributed by atoms with Gasteiger partial charge in [-0.2, -0.15) is 0 Å². The second kappa shape index (κ2) is 8.80. The Morgan fingerprint density at radius 3 is 2.52 bits per heavy atom. The molecule has 6 nitrogen and oxygen atoms in total. The van der Waals surface area contributed by atoms with Gasteiger partial charge in [0.25, 0.3) is 0 Å². The lowest BCUT2D eigenvalue weighted by Gasteiger charge is -2.37. The molecule has 2 heterocycles. The van der Waals surface area contributed by atoms with Crippen LogP contribution in [0.4, 0.5) is 4.79 Å². The lowest BCUT2D eigenvalue weighted by Crippen LogP contribution is -2.53. The molecule has 0 saturated carbocycles. The van der Waals surface area contributed by atoms with Crippen molar-refractivity contribution in [3.8, 4) is 0 Å². The number of amides is 1. The molecule has 27 heavy (non-hydrogen) atoms. The summed E-state index contributed by atoms with van der Waals surface area (Å²) in [5.41, 5.74) is 1.28. The number of rotatable bonds is 5. The Labute approximate surface area is 166 Å². The maximum atomic E-state index is 12.1. The third-order valence-corrected chi connectivity index (χ3v) is 7.43. The number of carbonyl (C=O) groups excluding carboxylic acids is 1. The Kier molecular flexibility index (Phi) is 6.65. The van der Waals surface area contributed by atoms with Crippen LogP contribution in [0.1, 0.15) is 25.3 Å². The van der Waals surface area contributed by atoms with E-state index in [0.29, 0.717) is 5.92 Å². The Bertz CT molecular complexity index is 745. The van der Waals surface area contributed by atoms with Gasteiger partial charge in [-0.3, -0.25) is 4.90 Å². The number of piperidine rings is 1. The predicted molar refractivity (Wildman–Crippen MR) is 106 cm³/mol. The number of ether oxygens (including phenoxy) is 1. The topological polar surface area (TPSA) is 75.7 Å². The number of alkyl carbamates (subject to hydrolysis) is 1. The molecule has 1 N–H and O–H groups in total. The highest BCUT2D eigenvalue weighted by molar-refractivity contribution is 7.91. The molecule has 1 aromatic carbocycles. The number of sulfone groups is 1. The fourth-order valence-corrected chi connectivity index (χ4v) is 6.17. The van der Waals surface area contributed by atoms with Crippen LogP contribution in [0.2, 0.25) is 5.02 Å². The van der Waals surface area contributed by atoms with Gasteiger partial charge in [0, 0.05) is 11.1 Å². The maximum absolute atomic E-state index is 12.1. The summed E-state index contributed by atoms with van der Waals surface area (Å²) in [5, 5.41) is 3.49. The zero-order valence-corrected chi connectivity index (χ0v) is 17.1. The van der Waals surface area contributed by atoms with Gasteiger partial charge in [0.1, 0.15) is 0 Å². The van der Waals surface area contributed by atoms with Crippen LogP contribution in [0.15, 0.2) is 24.3 Å². The van der Waals surface area contributed by atoms with E-state index in [9.17, 15) is 13.2 Å². The molecule has 2 saturated heterocycles. The number of hydrogen-bond acceptors (Lipinski definition) is 5. The van der Waals surface area contributed by atoms with E-state index in [0.717, 1.165) is 37.4 Å². The van der Waals surface area contributed by atoms with Gasteiger partial charge in [-0.25, -0.2) is 13.2 Å². The van der Waals surface area contributed by atoms with Crippen LogP contribution in [0.5, 0.6) is 0 Å². The smallest absolute Gasteiger partial charge is 0.407 e. The Balaban J connectivity index is 1.56. The highest BCUT2D eigenvalue weighted by atomic mass is 35.5. The maximum Gasteiger partial charge on any atom is 0.407 e. The SMILES string of the molecule is CCOC(=O)N[C@H]1CS(=O)(=O)C[C@@H]1N1CCC(Cc2ccc(Cl)cc2)CC1. The lowest BCUT2D eigenvalue weighted by molar-refractivity contribution is 0.114. The first-order valence-corrected chi connectivity index (χ1v) is 11.7. The quantitative estimate of drug-likeness (QED) is 0.801. The zero-order chi connectivity index (χ0) is 19.4. The van der Waals surface area contributed by atoms with E-state index in [2.05, 4.69) is 22.3 Å². The van der Waals surface area contributed by atoms with Crippen molar-refractivity contribution in [3.05, 3.63) is 34.9 Å². The first-order valence-electron chi connectivity index (χ1n) is 9.48. The van der Waals surface area contributed by atoms with Gasteiger partial charge >= 0.3 is 6.09 Å². The van der Waals surface area contributed by atoms with E-state index in [-0.39, 0.29) is 24.2 Å². The minimum absolute atomic E-state index is 0.0127. The third kappa shape index (κ3) is 5.59. The van der Waals surface area contributed by atoms with E-state index in [1.165, 1.54) is 5.56 Å². The average molecular weight is 415 g/mol. The minimum Gasteiger partial charge on any atom is -0.450 e. The van der Waals surface area contributed by atoms with Crippen LogP contribution in [0.25, 0.3) is 0 Å². The summed E-state index contributed by atoms with van der Waals surface area (Å²) in [7, 11) is -3.15. The predicted octanol–water partition coefficient (Wildman–Crippen LogP) is 2.51. The summed E-state index contributed by atoms with van der Waals surface area (Å²) in [6.07, 6.45) is 2.51. The van der Waals surface area contributed by atoms with E-state index in [1.807, 2.05) is 12.1 Å². The Hall–Kier alpha value is -1.31. The van der Waals surface area contributed by atoms with E-state index in [1.54, 1.807) is 6.92 Å². The van der Waals surface area contributed by atoms with Crippen LogP contribution < -0.4 is 5.32 Å². The largest absolute Gasteiger partial charge is 0.450 e. The molecule has 0 spiro atoms. The summed E-state index contributed by atoms with van der Waals surface area (Å²) < 4.78 is 29.2. The number of nitrogens with zero attached hydrogens (tertiary/aromatic N) is 1. The summed E-state index contributed by atoms with van der Waals surface area (Å²) in [5.74, 6) is 0.671. The van der Waals surface area contributed by atoms with Crippen molar-refractivity contribution in [1.29, 1.82) is 0 Å². The van der Waals surface area contributed by atoms with Crippen LogP contribution in [-0.2, 0) is 21.0 Å². The first-order chi connectivity index (χ1) is 12.9. The van der Waals surface area contributed by atoms with Crippen molar-refractivity contribution < 1.29 is 17.9 Å². The molecule has 1 amide bonds. The summed E-state index contributed by atoms with van der Waals surface area (Å²) in [6, 6.07) is 7.40. The van der Waals surface area contributed by atoms with Gasteiger partial charge in [0.2, 0.25) is 0 Å². The zero-order valence-electron chi connectivity index (χ0n) is 15.6. The van der Waals surface area contributed by atoms with E-state index < -0.39 is 22.0 Å². The molecule has 0 bridgehead atoms. The minimum atomic E-state index is -3.15. The van der Waals surface area contributed by atoms with Gasteiger partial charge < -0.3 is 10.1 Å². The molecular weight excluding hydrogens is 388 g/mol. The molecule has 150 valence electrons. The van der Waals surface area contributed by atoms with Crippen molar-refractivity contribution in [3.63, 3.8) is 0 Å². The molecule has 1 aromatic rings. The van der Waals surface area contributed by atoms with Gasteiger partial charge in [-0.1, -0.05) is 23.7 Å². The molecule has 8 heteroatoms. The van der Waals surface area contributed by atoms with Crippen LogP contribution >= 0.6 is 11.6 Å². The number of likely N-dealkylation sites (tertiary alicyclic amines) is 1. The highest BCUT2D eigenvalue weighted by Crippen LogP contribution is 2.27. The fraction of sp³-hybridized carbons (Fsp3) is 0.632. The molecule has 0 aromatic heterocycles. The molecule has 2 atom stereocenters. The standard InChI is InChI=1S/C19H27ClN2O4S/c1-2-26-19(23)21-17-12-27(24,25)13-18(17)22-9-7-15(8-10-22)11-14-3-5-16(20)6-4-14/h3-6,15,17-18H,2,7-13H2,1H3,(H,21,23)/t17-,18-/m0/s1. The van der Waals surface area contributed by atoms with Crippen LogP contribution in [-0.4, -0.2) is 62.7 Å². The highest BCUT2D eigenvalue weighted by Gasteiger charge is 2.42. The van der Waals surface area contributed by atoms with E-state index in [4.69, 9.17) is 16.3 Å².